The van der Waals surface area contributed by atoms with Gasteiger partial charge in [0.05, 0.1) is 19.3 Å². The Morgan fingerprint density at radius 1 is 1.00 bits per heavy atom. The zero-order valence-corrected chi connectivity index (χ0v) is 8.64. The smallest absolute Gasteiger partial charge is 0.0704 e. The van der Waals surface area contributed by atoms with Crippen LogP contribution in [0.2, 0.25) is 0 Å². The predicted molar refractivity (Wildman–Crippen MR) is 51.4 cm³/mol. The van der Waals surface area contributed by atoms with Gasteiger partial charge >= 0.3 is 0 Å². The van der Waals surface area contributed by atoms with Crippen LogP contribution >= 0.6 is 0 Å². The number of rotatable bonds is 8. The molecule has 0 aromatic rings. The lowest BCUT2D eigenvalue weighted by Gasteiger charge is -2.15. The summed E-state index contributed by atoms with van der Waals surface area (Å²) in [6.45, 7) is 5.84. The predicted octanol–water partition coefficient (Wildman–Crippen LogP) is 2.62. The second-order valence-electron chi connectivity index (χ2n) is 3.06. The highest BCUT2D eigenvalue weighted by Crippen LogP contribution is 2.08. The Morgan fingerprint density at radius 2 is 1.58 bits per heavy atom. The molecule has 0 aromatic carbocycles. The van der Waals surface area contributed by atoms with Gasteiger partial charge in [-0.15, -0.1) is 0 Å². The van der Waals surface area contributed by atoms with Crippen LogP contribution in [0.4, 0.5) is 0 Å². The molecule has 0 heterocycles. The van der Waals surface area contributed by atoms with Crippen LogP contribution in [0.1, 0.15) is 39.5 Å². The molecule has 2 nitrogen and oxygen atoms in total. The number of hydrogen-bond donors (Lipinski definition) is 0. The minimum atomic E-state index is 0.454. The molecule has 0 N–H and O–H groups in total. The van der Waals surface area contributed by atoms with Crippen molar-refractivity contribution in [1.82, 2.24) is 0 Å². The third-order valence-corrected chi connectivity index (χ3v) is 1.86. The molecule has 0 aliphatic rings. The summed E-state index contributed by atoms with van der Waals surface area (Å²) in [6, 6.07) is 0. The Labute approximate surface area is 76.3 Å². The van der Waals surface area contributed by atoms with Gasteiger partial charge in [-0.1, -0.05) is 26.7 Å². The maximum atomic E-state index is 5.64. The summed E-state index contributed by atoms with van der Waals surface area (Å²) < 4.78 is 10.6. The molecule has 0 aliphatic carbocycles. The largest absolute Gasteiger partial charge is 0.382 e. The quantitative estimate of drug-likeness (QED) is 0.527. The summed E-state index contributed by atoms with van der Waals surface area (Å²) in [5.41, 5.74) is 0. The Hall–Kier alpha value is -0.0800. The summed E-state index contributed by atoms with van der Waals surface area (Å²) in [6.07, 6.45) is 5.22. The molecular formula is C10H22O2. The maximum Gasteiger partial charge on any atom is 0.0704 e. The summed E-state index contributed by atoms with van der Waals surface area (Å²) in [7, 11) is 1.71. The van der Waals surface area contributed by atoms with Gasteiger partial charge in [0.25, 0.3) is 0 Å². The molecule has 0 radical (unpaired) electrons. The van der Waals surface area contributed by atoms with E-state index in [-0.39, 0.29) is 0 Å². The van der Waals surface area contributed by atoms with Crippen molar-refractivity contribution in [1.29, 1.82) is 0 Å². The molecule has 0 atom stereocenters. The van der Waals surface area contributed by atoms with Gasteiger partial charge in [0.2, 0.25) is 0 Å². The lowest BCUT2D eigenvalue weighted by molar-refractivity contribution is 0.00859. The van der Waals surface area contributed by atoms with Crippen LogP contribution in [0.25, 0.3) is 0 Å². The van der Waals surface area contributed by atoms with Crippen LogP contribution < -0.4 is 0 Å². The summed E-state index contributed by atoms with van der Waals surface area (Å²) in [5.74, 6) is 0. The minimum absolute atomic E-state index is 0.454. The summed E-state index contributed by atoms with van der Waals surface area (Å²) in [5, 5.41) is 0. The van der Waals surface area contributed by atoms with Gasteiger partial charge < -0.3 is 9.47 Å². The molecule has 0 spiro atoms. The van der Waals surface area contributed by atoms with Crippen LogP contribution in [0.3, 0.4) is 0 Å². The minimum Gasteiger partial charge on any atom is -0.382 e. The van der Waals surface area contributed by atoms with Crippen LogP contribution in [-0.2, 0) is 9.47 Å². The van der Waals surface area contributed by atoms with Gasteiger partial charge in [0.1, 0.15) is 0 Å². The normalized spacial score (nSPS) is 11.0. The molecule has 74 valence electrons. The summed E-state index contributed by atoms with van der Waals surface area (Å²) in [4.78, 5) is 0. The lowest BCUT2D eigenvalue weighted by Crippen LogP contribution is -2.15. The average molecular weight is 174 g/mol. The lowest BCUT2D eigenvalue weighted by atomic mass is 10.1. The standard InChI is InChI=1S/C10H22O2/c1-4-6-10(7-5-2)12-9-8-11-3/h10H,4-9H2,1-3H3. The second-order valence-corrected chi connectivity index (χ2v) is 3.06. The molecule has 0 rings (SSSR count). The Balaban J connectivity index is 3.34. The van der Waals surface area contributed by atoms with E-state index < -0.39 is 0 Å². The second kappa shape index (κ2) is 9.01. The molecule has 0 fully saturated rings. The molecule has 0 aromatic heterocycles. The molecular weight excluding hydrogens is 152 g/mol. The van der Waals surface area contributed by atoms with Crippen molar-refractivity contribution in [3.63, 3.8) is 0 Å². The van der Waals surface area contributed by atoms with Crippen LogP contribution in [0.5, 0.6) is 0 Å². The van der Waals surface area contributed by atoms with E-state index >= 15 is 0 Å². The van der Waals surface area contributed by atoms with Crippen molar-refractivity contribution in [2.75, 3.05) is 20.3 Å². The van der Waals surface area contributed by atoms with Gasteiger partial charge in [-0.25, -0.2) is 0 Å². The van der Waals surface area contributed by atoms with E-state index in [1.165, 1.54) is 25.7 Å². The molecule has 0 aliphatic heterocycles. The van der Waals surface area contributed by atoms with Crippen molar-refractivity contribution >= 4 is 0 Å². The fourth-order valence-electron chi connectivity index (χ4n) is 1.25. The van der Waals surface area contributed by atoms with E-state index in [0.29, 0.717) is 12.7 Å². The highest BCUT2D eigenvalue weighted by Gasteiger charge is 2.05. The van der Waals surface area contributed by atoms with Crippen molar-refractivity contribution < 1.29 is 9.47 Å². The average Bonchev–Trinajstić information content (AvgIpc) is 2.06. The first kappa shape index (κ1) is 11.9. The summed E-state index contributed by atoms with van der Waals surface area (Å²) >= 11 is 0. The fraction of sp³-hybridized carbons (Fsp3) is 1.00. The van der Waals surface area contributed by atoms with Gasteiger partial charge in [-0.2, -0.15) is 0 Å². The molecule has 12 heavy (non-hydrogen) atoms. The Morgan fingerprint density at radius 3 is 2.00 bits per heavy atom. The van der Waals surface area contributed by atoms with Crippen molar-refractivity contribution in [2.24, 2.45) is 0 Å². The molecule has 0 amide bonds. The molecule has 0 saturated heterocycles. The zero-order chi connectivity index (χ0) is 9.23. The maximum absolute atomic E-state index is 5.64. The Bertz CT molecular complexity index is 77.9. The van der Waals surface area contributed by atoms with E-state index in [1.54, 1.807) is 7.11 Å². The Kier molecular flexibility index (Phi) is 8.95. The van der Waals surface area contributed by atoms with E-state index in [4.69, 9.17) is 9.47 Å². The van der Waals surface area contributed by atoms with Crippen molar-refractivity contribution in [2.45, 2.75) is 45.6 Å². The van der Waals surface area contributed by atoms with Crippen molar-refractivity contribution in [3.05, 3.63) is 0 Å². The first-order valence-corrected chi connectivity index (χ1v) is 4.95. The number of methoxy groups -OCH3 is 1. The highest BCUT2D eigenvalue weighted by molar-refractivity contribution is 4.55. The molecule has 0 saturated carbocycles. The third-order valence-electron chi connectivity index (χ3n) is 1.86. The first-order valence-electron chi connectivity index (χ1n) is 4.95. The zero-order valence-electron chi connectivity index (χ0n) is 8.64. The van der Waals surface area contributed by atoms with Crippen molar-refractivity contribution in [3.8, 4) is 0 Å². The van der Waals surface area contributed by atoms with Crippen LogP contribution in [0, 0.1) is 0 Å². The number of ether oxygens (including phenoxy) is 2. The molecule has 0 bridgehead atoms. The SMILES string of the molecule is CCCC(CCC)OCCOC. The van der Waals surface area contributed by atoms with Gasteiger partial charge in [0, 0.05) is 7.11 Å². The fourth-order valence-corrected chi connectivity index (χ4v) is 1.25. The van der Waals surface area contributed by atoms with Gasteiger partial charge in [-0.05, 0) is 12.8 Å². The topological polar surface area (TPSA) is 18.5 Å². The highest BCUT2D eigenvalue weighted by atomic mass is 16.5. The van der Waals surface area contributed by atoms with E-state index in [9.17, 15) is 0 Å². The third kappa shape index (κ3) is 6.62. The molecule has 2 heteroatoms. The van der Waals surface area contributed by atoms with Crippen LogP contribution in [0.15, 0.2) is 0 Å². The van der Waals surface area contributed by atoms with Crippen LogP contribution in [-0.4, -0.2) is 26.4 Å². The van der Waals surface area contributed by atoms with E-state index in [1.807, 2.05) is 0 Å². The van der Waals surface area contributed by atoms with Gasteiger partial charge in [-0.3, -0.25) is 0 Å². The van der Waals surface area contributed by atoms with E-state index in [0.717, 1.165) is 6.61 Å². The monoisotopic (exact) mass is 174 g/mol. The number of hydrogen-bond acceptors (Lipinski definition) is 2. The first-order chi connectivity index (χ1) is 5.85. The van der Waals surface area contributed by atoms with Gasteiger partial charge in [0.15, 0.2) is 0 Å². The van der Waals surface area contributed by atoms with E-state index in [2.05, 4.69) is 13.8 Å². The molecule has 0 unspecified atom stereocenters.